The summed E-state index contributed by atoms with van der Waals surface area (Å²) in [5, 5.41) is 5.66. The number of hydrogen-bond donors (Lipinski definition) is 1. The average Bonchev–Trinajstić information content (AvgIpc) is 3.12. The summed E-state index contributed by atoms with van der Waals surface area (Å²) in [6.45, 7) is 4.25. The van der Waals surface area contributed by atoms with E-state index >= 15 is 0 Å². The largest absolute Gasteiger partial charge is 0.497 e. The Morgan fingerprint density at radius 2 is 1.79 bits per heavy atom. The van der Waals surface area contributed by atoms with Crippen molar-refractivity contribution in [3.63, 3.8) is 0 Å². The highest BCUT2D eigenvalue weighted by Crippen LogP contribution is 2.34. The smallest absolute Gasteiger partial charge is 0.279 e. The molecule has 0 spiro atoms. The molecule has 1 N–H and O–H groups in total. The van der Waals surface area contributed by atoms with Gasteiger partial charge in [0.15, 0.2) is 0 Å². The molecule has 1 aromatic heterocycles. The van der Waals surface area contributed by atoms with Crippen molar-refractivity contribution in [2.45, 2.75) is 19.8 Å². The van der Waals surface area contributed by atoms with E-state index in [-0.39, 0.29) is 11.8 Å². The van der Waals surface area contributed by atoms with Gasteiger partial charge in [-0.3, -0.25) is 4.79 Å². The van der Waals surface area contributed by atoms with Crippen LogP contribution in [0.3, 0.4) is 0 Å². The second-order valence-corrected chi connectivity index (χ2v) is 8.02. The molecule has 3 aromatic carbocycles. The molecule has 29 heavy (non-hydrogen) atoms. The molecule has 0 saturated heterocycles. The zero-order chi connectivity index (χ0) is 20.4. The number of methoxy groups -OCH3 is 1. The first-order valence-corrected chi connectivity index (χ1v) is 10.2. The molecule has 5 nitrogen and oxygen atoms in total. The second-order valence-electron chi connectivity index (χ2n) is 7.02. The normalized spacial score (nSPS) is 12.1. The number of benzene rings is 3. The third kappa shape index (κ3) is 4.32. The maximum atomic E-state index is 11.1. The van der Waals surface area contributed by atoms with Gasteiger partial charge in [0.2, 0.25) is 5.91 Å². The van der Waals surface area contributed by atoms with Crippen molar-refractivity contribution >= 4 is 38.2 Å². The molecule has 1 atom stereocenters. The zero-order valence-electron chi connectivity index (χ0n) is 16.6. The first-order valence-electron chi connectivity index (χ1n) is 9.42. The van der Waals surface area contributed by atoms with Gasteiger partial charge in [-0.1, -0.05) is 36.5 Å². The number of carbonyl (C=O) groups is 1. The van der Waals surface area contributed by atoms with Gasteiger partial charge in [0.05, 0.1) is 17.3 Å². The zero-order valence-corrected chi connectivity index (χ0v) is 17.4. The van der Waals surface area contributed by atoms with Crippen molar-refractivity contribution in [2.75, 3.05) is 13.7 Å². The molecule has 148 valence electrons. The monoisotopic (exact) mass is 406 g/mol. The summed E-state index contributed by atoms with van der Waals surface area (Å²) >= 11 is 1.52. The fraction of sp³-hybridized carbons (Fsp3) is 0.217. The van der Waals surface area contributed by atoms with Crippen LogP contribution in [0.25, 0.3) is 21.0 Å². The van der Waals surface area contributed by atoms with Gasteiger partial charge in [0.1, 0.15) is 11.5 Å². The Balaban J connectivity index is 1.55. The lowest BCUT2D eigenvalue weighted by molar-refractivity contribution is -0.119. The lowest BCUT2D eigenvalue weighted by atomic mass is 10.0. The molecule has 6 heteroatoms. The summed E-state index contributed by atoms with van der Waals surface area (Å²) in [5.74, 6) is 1.80. The van der Waals surface area contributed by atoms with E-state index in [4.69, 9.17) is 9.47 Å². The van der Waals surface area contributed by atoms with Gasteiger partial charge in [-0.05, 0) is 58.7 Å². The Kier molecular flexibility index (Phi) is 5.36. The summed E-state index contributed by atoms with van der Waals surface area (Å²) in [7, 11) is 1.66. The maximum Gasteiger partial charge on any atom is 0.279 e. The Hall–Kier alpha value is -3.12. The van der Waals surface area contributed by atoms with Gasteiger partial charge in [0.25, 0.3) is 5.19 Å². The third-order valence-electron chi connectivity index (χ3n) is 4.84. The maximum absolute atomic E-state index is 11.1. The highest BCUT2D eigenvalue weighted by atomic mass is 32.1. The first-order chi connectivity index (χ1) is 14.0. The van der Waals surface area contributed by atoms with Crippen LogP contribution < -0.4 is 14.8 Å². The van der Waals surface area contributed by atoms with Crippen LogP contribution in [0.15, 0.2) is 54.6 Å². The lowest BCUT2D eigenvalue weighted by Crippen LogP contribution is -2.24. The number of carbonyl (C=O) groups excluding carboxylic acids is 1. The van der Waals surface area contributed by atoms with E-state index in [9.17, 15) is 4.79 Å². The molecule has 1 unspecified atom stereocenters. The number of fused-ring (bicyclic) bond motifs is 2. The molecular weight excluding hydrogens is 384 g/mol. The SMILES string of the molecule is COc1ccc2cc(Oc3nc4ccc(C(C)CNC(C)=O)cc4s3)ccc2c1. The van der Waals surface area contributed by atoms with E-state index in [1.165, 1.54) is 23.8 Å². The molecule has 0 radical (unpaired) electrons. The van der Waals surface area contributed by atoms with E-state index in [0.717, 1.165) is 32.5 Å². The van der Waals surface area contributed by atoms with Crippen molar-refractivity contribution in [2.24, 2.45) is 0 Å². The molecule has 1 amide bonds. The minimum absolute atomic E-state index is 0.0137. The minimum atomic E-state index is -0.0137. The number of nitrogens with zero attached hydrogens (tertiary/aromatic N) is 1. The quantitative estimate of drug-likeness (QED) is 0.460. The van der Waals surface area contributed by atoms with Crippen LogP contribution in [0.2, 0.25) is 0 Å². The number of rotatable bonds is 6. The number of amides is 1. The summed E-state index contributed by atoms with van der Waals surface area (Å²) in [6.07, 6.45) is 0. The highest BCUT2D eigenvalue weighted by molar-refractivity contribution is 7.20. The minimum Gasteiger partial charge on any atom is -0.497 e. The van der Waals surface area contributed by atoms with Crippen molar-refractivity contribution in [1.29, 1.82) is 0 Å². The van der Waals surface area contributed by atoms with Crippen LogP contribution in [0.4, 0.5) is 0 Å². The topological polar surface area (TPSA) is 60.5 Å². The van der Waals surface area contributed by atoms with Gasteiger partial charge in [-0.15, -0.1) is 0 Å². The van der Waals surface area contributed by atoms with Gasteiger partial charge in [0, 0.05) is 13.5 Å². The number of ether oxygens (including phenoxy) is 2. The summed E-state index contributed by atoms with van der Waals surface area (Å²) in [4.78, 5) is 15.7. The lowest BCUT2D eigenvalue weighted by Gasteiger charge is -2.11. The molecule has 0 aliphatic heterocycles. The summed E-state index contributed by atoms with van der Waals surface area (Å²) < 4.78 is 12.4. The number of nitrogens with one attached hydrogen (secondary N) is 1. The Morgan fingerprint density at radius 3 is 2.52 bits per heavy atom. The molecule has 0 aliphatic rings. The Morgan fingerprint density at radius 1 is 1.07 bits per heavy atom. The molecular formula is C23H22N2O3S. The average molecular weight is 407 g/mol. The van der Waals surface area contributed by atoms with Crippen LogP contribution in [0.1, 0.15) is 25.3 Å². The van der Waals surface area contributed by atoms with Gasteiger partial charge in [-0.25, -0.2) is 4.98 Å². The van der Waals surface area contributed by atoms with Crippen LogP contribution in [0.5, 0.6) is 16.7 Å². The van der Waals surface area contributed by atoms with Gasteiger partial charge in [-0.2, -0.15) is 0 Å². The first kappa shape index (κ1) is 19.2. The van der Waals surface area contributed by atoms with Crippen LogP contribution >= 0.6 is 11.3 Å². The number of hydrogen-bond acceptors (Lipinski definition) is 5. The molecule has 0 bridgehead atoms. The van der Waals surface area contributed by atoms with Crippen molar-refractivity contribution < 1.29 is 14.3 Å². The van der Waals surface area contributed by atoms with E-state index in [1.807, 2.05) is 42.5 Å². The molecule has 0 aliphatic carbocycles. The Labute approximate surface area is 173 Å². The van der Waals surface area contributed by atoms with Crippen molar-refractivity contribution in [3.8, 4) is 16.7 Å². The van der Waals surface area contributed by atoms with Crippen LogP contribution in [-0.4, -0.2) is 24.5 Å². The van der Waals surface area contributed by atoms with Crippen LogP contribution in [-0.2, 0) is 4.79 Å². The number of aromatic nitrogens is 1. The van der Waals surface area contributed by atoms with E-state index in [0.29, 0.717) is 11.7 Å². The summed E-state index contributed by atoms with van der Waals surface area (Å²) in [6, 6.07) is 18.1. The number of thiazole rings is 1. The second kappa shape index (κ2) is 8.09. The highest BCUT2D eigenvalue weighted by Gasteiger charge is 2.11. The van der Waals surface area contributed by atoms with Gasteiger partial charge >= 0.3 is 0 Å². The molecule has 4 rings (SSSR count). The van der Waals surface area contributed by atoms with Crippen LogP contribution in [0, 0.1) is 0 Å². The predicted octanol–water partition coefficient (Wildman–Crippen LogP) is 5.49. The predicted molar refractivity (Wildman–Crippen MR) is 117 cm³/mol. The van der Waals surface area contributed by atoms with Crippen molar-refractivity contribution in [1.82, 2.24) is 10.3 Å². The fourth-order valence-corrected chi connectivity index (χ4v) is 4.06. The molecule has 4 aromatic rings. The summed E-state index contributed by atoms with van der Waals surface area (Å²) in [5.41, 5.74) is 2.08. The Bertz CT molecular complexity index is 1190. The fourth-order valence-electron chi connectivity index (χ4n) is 3.18. The molecule has 0 fully saturated rings. The third-order valence-corrected chi connectivity index (χ3v) is 5.74. The van der Waals surface area contributed by atoms with Gasteiger partial charge < -0.3 is 14.8 Å². The van der Waals surface area contributed by atoms with E-state index in [2.05, 4.69) is 29.4 Å². The molecule has 1 heterocycles. The molecule has 0 saturated carbocycles. The van der Waals surface area contributed by atoms with E-state index in [1.54, 1.807) is 7.11 Å². The van der Waals surface area contributed by atoms with E-state index < -0.39 is 0 Å². The van der Waals surface area contributed by atoms with Crippen molar-refractivity contribution in [3.05, 3.63) is 60.2 Å². The standard InChI is InChI=1S/C23H22N2O3S/c1-14(13-24-15(2)26)16-6-9-21-22(12-16)29-23(25-21)28-20-8-5-17-10-19(27-3)7-4-18(17)11-20/h4-12,14H,13H2,1-3H3,(H,24,26).